The zero-order valence-electron chi connectivity index (χ0n) is 26.6. The van der Waals surface area contributed by atoms with Crippen LogP contribution in [-0.2, 0) is 33.7 Å². The lowest BCUT2D eigenvalue weighted by molar-refractivity contribution is 0.0256. The number of aromatic nitrogens is 3. The summed E-state index contributed by atoms with van der Waals surface area (Å²) in [6, 6.07) is 21.4. The molecule has 13 heteroatoms. The molecule has 1 N–H and O–H groups in total. The number of fused-ring (bicyclic) bond motifs is 1. The maximum atomic E-state index is 13.6. The van der Waals surface area contributed by atoms with Crippen LogP contribution in [0, 0.1) is 5.82 Å². The minimum Gasteiger partial charge on any atom is -0.496 e. The summed E-state index contributed by atoms with van der Waals surface area (Å²) in [4.78, 5) is 15.2. The Morgan fingerprint density at radius 2 is 1.94 bits per heavy atom. The maximum Gasteiger partial charge on any atom is 0.225 e. The second kappa shape index (κ2) is 15.6. The number of hydrogen-bond donors (Lipinski definition) is 1. The summed E-state index contributed by atoms with van der Waals surface area (Å²) in [7, 11) is -0.775. The van der Waals surface area contributed by atoms with Crippen LogP contribution in [0.3, 0.4) is 0 Å². The molecule has 2 aromatic heterocycles. The number of nitrogens with one attached hydrogen (secondary N) is 1. The Hall–Kier alpha value is -4.85. The summed E-state index contributed by atoms with van der Waals surface area (Å²) in [6.07, 6.45) is 8.45. The van der Waals surface area contributed by atoms with Gasteiger partial charge in [-0.2, -0.15) is 8.42 Å². The number of halogens is 2. The topological polar surface area (TPSA) is 116 Å². The zero-order chi connectivity index (χ0) is 34.2. The highest BCUT2D eigenvalue weighted by Crippen LogP contribution is 2.45. The van der Waals surface area contributed by atoms with Gasteiger partial charge in [0.25, 0.3) is 0 Å². The highest BCUT2D eigenvalue weighted by atomic mass is 79.9. The van der Waals surface area contributed by atoms with Crippen LogP contribution in [0.25, 0.3) is 10.9 Å². The van der Waals surface area contributed by atoms with E-state index in [1.807, 2.05) is 54.6 Å². The van der Waals surface area contributed by atoms with Crippen molar-refractivity contribution in [3.8, 4) is 11.5 Å². The Balaban J connectivity index is 1.25. The van der Waals surface area contributed by atoms with Crippen molar-refractivity contribution < 1.29 is 27.0 Å². The van der Waals surface area contributed by atoms with Gasteiger partial charge in [0.2, 0.25) is 10.3 Å². The third-order valence-electron chi connectivity index (χ3n) is 8.18. The maximum absolute atomic E-state index is 13.6. The molecule has 0 bridgehead atoms. The van der Waals surface area contributed by atoms with E-state index in [9.17, 15) is 12.8 Å². The molecule has 10 nitrogen and oxygen atoms in total. The highest BCUT2D eigenvalue weighted by molar-refractivity contribution is 9.10. The molecule has 1 aliphatic rings. The normalized spacial score (nSPS) is 15.3. The van der Waals surface area contributed by atoms with Gasteiger partial charge in [-0.3, -0.25) is 9.88 Å². The van der Waals surface area contributed by atoms with Crippen molar-refractivity contribution in [1.82, 2.24) is 19.9 Å². The SMILES string of the molecule is COc1cc2ncnc(Nc3ccc(OCc4cccc(F)c4)c(Br)c3)c2cc1C1(CCN(C=S(=O)=O)CCc2ccccn2)CC=CO1. The fraction of sp³-hybridized carbons (Fsp3) is 0.222. The lowest BCUT2D eigenvalue weighted by Crippen LogP contribution is -2.34. The summed E-state index contributed by atoms with van der Waals surface area (Å²) in [6.45, 7) is 1.09. The monoisotopic (exact) mass is 745 g/mol. The summed E-state index contributed by atoms with van der Waals surface area (Å²) >= 11 is 3.59. The fourth-order valence-corrected chi connectivity index (χ4v) is 6.68. The Kier molecular flexibility index (Phi) is 10.8. The van der Waals surface area contributed by atoms with E-state index >= 15 is 0 Å². The van der Waals surface area contributed by atoms with Crippen LogP contribution in [0.15, 0.2) is 102 Å². The lowest BCUT2D eigenvalue weighted by atomic mass is 9.86. The molecule has 1 aliphatic heterocycles. The number of rotatable bonds is 14. The van der Waals surface area contributed by atoms with Gasteiger partial charge in [-0.05, 0) is 76.1 Å². The first-order valence-corrected chi connectivity index (χ1v) is 17.4. The van der Waals surface area contributed by atoms with Gasteiger partial charge in [0.1, 0.15) is 47.2 Å². The van der Waals surface area contributed by atoms with E-state index in [4.69, 9.17) is 14.2 Å². The molecule has 1 atom stereocenters. The quantitative estimate of drug-likeness (QED) is 0.120. The molecular weight excluding hydrogens is 713 g/mol. The van der Waals surface area contributed by atoms with Crippen molar-refractivity contribution in [1.29, 1.82) is 0 Å². The molecule has 0 radical (unpaired) electrons. The molecule has 0 spiro atoms. The van der Waals surface area contributed by atoms with Gasteiger partial charge >= 0.3 is 0 Å². The molecule has 3 heterocycles. The van der Waals surface area contributed by atoms with Gasteiger partial charge in [0.05, 0.1) is 23.4 Å². The van der Waals surface area contributed by atoms with Crippen molar-refractivity contribution in [2.24, 2.45) is 0 Å². The van der Waals surface area contributed by atoms with Crippen LogP contribution >= 0.6 is 15.9 Å². The summed E-state index contributed by atoms with van der Waals surface area (Å²) in [5.41, 5.74) is 4.20. The molecule has 1 unspecified atom stereocenters. The predicted molar refractivity (Wildman–Crippen MR) is 190 cm³/mol. The highest BCUT2D eigenvalue weighted by Gasteiger charge is 2.39. The molecule has 0 fully saturated rings. The number of hydrogen-bond acceptors (Lipinski definition) is 9. The van der Waals surface area contributed by atoms with Gasteiger partial charge in [-0.1, -0.05) is 18.2 Å². The third kappa shape index (κ3) is 8.42. The summed E-state index contributed by atoms with van der Waals surface area (Å²) in [5.74, 6) is 1.46. The summed E-state index contributed by atoms with van der Waals surface area (Å²) in [5, 5.41) is 4.14. The van der Waals surface area contributed by atoms with E-state index < -0.39 is 15.9 Å². The number of anilines is 2. The Morgan fingerprint density at radius 3 is 2.67 bits per heavy atom. The van der Waals surface area contributed by atoms with Crippen molar-refractivity contribution in [3.05, 3.63) is 125 Å². The lowest BCUT2D eigenvalue weighted by Gasteiger charge is -2.32. The average Bonchev–Trinajstić information content (AvgIpc) is 3.59. The van der Waals surface area contributed by atoms with Gasteiger partial charge in [-0.15, -0.1) is 0 Å². The molecule has 0 saturated heterocycles. The number of ether oxygens (including phenoxy) is 3. The molecule has 6 rings (SSSR count). The molecule has 5 aromatic rings. The minimum absolute atomic E-state index is 0.220. The van der Waals surface area contributed by atoms with Crippen LogP contribution in [0.1, 0.15) is 29.7 Å². The molecule has 0 amide bonds. The van der Waals surface area contributed by atoms with Gasteiger partial charge in [0.15, 0.2) is 0 Å². The third-order valence-corrected chi connectivity index (χ3v) is 9.27. The van der Waals surface area contributed by atoms with E-state index in [1.54, 1.807) is 36.6 Å². The Labute approximate surface area is 293 Å². The molecule has 3 aromatic carbocycles. The molecule has 0 saturated carbocycles. The van der Waals surface area contributed by atoms with Gasteiger partial charge < -0.3 is 19.5 Å². The number of benzene rings is 3. The minimum atomic E-state index is -2.38. The molecule has 0 aliphatic carbocycles. The van der Waals surface area contributed by atoms with Gasteiger partial charge in [-0.25, -0.2) is 14.4 Å². The van der Waals surface area contributed by atoms with Crippen LogP contribution in [0.2, 0.25) is 0 Å². The first-order chi connectivity index (χ1) is 23.8. The second-order valence-electron chi connectivity index (χ2n) is 11.4. The average molecular weight is 747 g/mol. The molecule has 49 heavy (non-hydrogen) atoms. The van der Waals surface area contributed by atoms with Crippen molar-refractivity contribution >= 4 is 54.1 Å². The van der Waals surface area contributed by atoms with Crippen molar-refractivity contribution in [3.63, 3.8) is 0 Å². The smallest absolute Gasteiger partial charge is 0.225 e. The molecule has 252 valence electrons. The predicted octanol–water partition coefficient (Wildman–Crippen LogP) is 6.96. The van der Waals surface area contributed by atoms with E-state index in [1.165, 1.54) is 24.0 Å². The first kappa shape index (κ1) is 34.0. The number of methoxy groups -OCH3 is 1. The molecular formula is C36H33BrFN5O5S. The number of nitrogens with zero attached hydrogens (tertiary/aromatic N) is 4. The number of pyridine rings is 1. The second-order valence-corrected chi connectivity index (χ2v) is 13.0. The largest absolute Gasteiger partial charge is 0.496 e. The van der Waals surface area contributed by atoms with Crippen molar-refractivity contribution in [2.45, 2.75) is 31.5 Å². The van der Waals surface area contributed by atoms with Crippen LogP contribution in [0.5, 0.6) is 11.5 Å². The summed E-state index contributed by atoms with van der Waals surface area (Å²) < 4.78 is 55.8. The van der Waals surface area contributed by atoms with E-state index in [2.05, 4.69) is 36.2 Å². The standard InChI is InChI=1S/C36H33BrFN5O5S/c1-46-34-21-32-29(35(41-23-40-32)42-28-9-10-33(31(37)19-28)47-22-25-6-4-7-26(38)18-25)20-30(34)36(12-5-17-48-36)13-16-43(24-49(44)45)15-11-27-8-2-3-14-39-27/h2-10,14,17-21,23-24H,11-13,15-16,22H2,1H3,(H,40,41,42). The van der Waals surface area contributed by atoms with Crippen LogP contribution in [0.4, 0.5) is 15.9 Å². The van der Waals surface area contributed by atoms with E-state index in [-0.39, 0.29) is 12.4 Å². The van der Waals surface area contributed by atoms with Crippen LogP contribution in [-0.4, -0.2) is 54.0 Å². The zero-order valence-corrected chi connectivity index (χ0v) is 29.0. The first-order valence-electron chi connectivity index (χ1n) is 15.5. The van der Waals surface area contributed by atoms with E-state index in [0.717, 1.165) is 27.9 Å². The van der Waals surface area contributed by atoms with Crippen LogP contribution < -0.4 is 14.8 Å². The Bertz CT molecular complexity index is 2100. The van der Waals surface area contributed by atoms with Gasteiger partial charge in [0, 0.05) is 66.9 Å². The Morgan fingerprint density at radius 1 is 1.04 bits per heavy atom. The fourth-order valence-electron chi connectivity index (χ4n) is 5.73. The van der Waals surface area contributed by atoms with E-state index in [0.29, 0.717) is 59.7 Å². The van der Waals surface area contributed by atoms with Crippen molar-refractivity contribution in [2.75, 3.05) is 25.5 Å².